The number of nitrogens with zero attached hydrogens (tertiary/aromatic N) is 1. The van der Waals surface area contributed by atoms with E-state index in [0.29, 0.717) is 17.1 Å². The number of halogens is 1. The van der Waals surface area contributed by atoms with Crippen LogP contribution in [0.1, 0.15) is 17.0 Å². The van der Waals surface area contributed by atoms with Gasteiger partial charge in [-0.2, -0.15) is 0 Å². The van der Waals surface area contributed by atoms with E-state index in [1.807, 2.05) is 6.92 Å². The summed E-state index contributed by atoms with van der Waals surface area (Å²) in [6.07, 6.45) is 0. The minimum Gasteiger partial charge on any atom is -0.398 e. The maximum absolute atomic E-state index is 12.4. The van der Waals surface area contributed by atoms with Crippen LogP contribution in [0.25, 0.3) is 0 Å². The van der Waals surface area contributed by atoms with Crippen LogP contribution in [0.3, 0.4) is 0 Å². The number of anilines is 2. The quantitative estimate of drug-likeness (QED) is 0.849. The molecule has 1 aromatic carbocycles. The minimum atomic E-state index is -3.82. The first-order valence-corrected chi connectivity index (χ1v) is 8.09. The summed E-state index contributed by atoms with van der Waals surface area (Å²) in [5.41, 5.74) is 8.69. The van der Waals surface area contributed by atoms with E-state index in [4.69, 9.17) is 17.3 Å². The Morgan fingerprint density at radius 3 is 2.48 bits per heavy atom. The highest BCUT2D eigenvalue weighted by Crippen LogP contribution is 2.28. The van der Waals surface area contributed by atoms with E-state index in [-0.39, 0.29) is 9.92 Å². The molecule has 2 aromatic rings. The van der Waals surface area contributed by atoms with Crippen LogP contribution in [0.5, 0.6) is 0 Å². The Morgan fingerprint density at radius 1 is 1.19 bits per heavy atom. The second kappa shape index (κ2) is 5.54. The van der Waals surface area contributed by atoms with Gasteiger partial charge in [0.1, 0.15) is 4.90 Å². The molecule has 0 fully saturated rings. The Bertz CT molecular complexity index is 804. The number of nitrogens with one attached hydrogen (secondary N) is 1. The zero-order chi connectivity index (χ0) is 15.8. The van der Waals surface area contributed by atoms with Gasteiger partial charge in [-0.3, -0.25) is 9.71 Å². The zero-order valence-corrected chi connectivity index (χ0v) is 13.5. The molecule has 0 unspecified atom stereocenters. The number of rotatable bonds is 3. The standard InChI is InChI=1S/C14H16ClN3O2S/c1-8-6-11(15)14(7-12(8)16)21(19,20)18-13-5-4-9(2)17-10(13)3/h4-7,18H,16H2,1-3H3. The molecule has 0 amide bonds. The molecular weight excluding hydrogens is 310 g/mol. The normalized spacial score (nSPS) is 11.4. The molecule has 3 N–H and O–H groups in total. The Kier molecular flexibility index (Phi) is 4.11. The summed E-state index contributed by atoms with van der Waals surface area (Å²) in [7, 11) is -3.82. The third-order valence-corrected chi connectivity index (χ3v) is 4.91. The van der Waals surface area contributed by atoms with Crippen LogP contribution >= 0.6 is 11.6 Å². The molecule has 0 saturated carbocycles. The third-order valence-electron chi connectivity index (χ3n) is 3.08. The van der Waals surface area contributed by atoms with Gasteiger partial charge in [0.25, 0.3) is 10.0 Å². The van der Waals surface area contributed by atoms with E-state index in [1.165, 1.54) is 12.1 Å². The average Bonchev–Trinajstić information content (AvgIpc) is 2.37. The predicted octanol–water partition coefficient (Wildman–Crippen LogP) is 3.04. The molecule has 1 aromatic heterocycles. The molecule has 0 aliphatic carbocycles. The third kappa shape index (κ3) is 3.28. The Balaban J connectivity index is 2.46. The molecule has 0 saturated heterocycles. The molecule has 21 heavy (non-hydrogen) atoms. The van der Waals surface area contributed by atoms with Gasteiger partial charge < -0.3 is 5.73 Å². The van der Waals surface area contributed by atoms with Crippen molar-refractivity contribution in [2.24, 2.45) is 0 Å². The maximum atomic E-state index is 12.4. The highest BCUT2D eigenvalue weighted by atomic mass is 35.5. The minimum absolute atomic E-state index is 0.0489. The summed E-state index contributed by atoms with van der Waals surface area (Å²) in [6.45, 7) is 5.33. The van der Waals surface area contributed by atoms with Crippen molar-refractivity contribution in [1.29, 1.82) is 0 Å². The monoisotopic (exact) mass is 325 g/mol. The molecule has 1 heterocycles. The van der Waals surface area contributed by atoms with Crippen LogP contribution in [0.4, 0.5) is 11.4 Å². The Morgan fingerprint density at radius 2 is 1.86 bits per heavy atom. The lowest BCUT2D eigenvalue weighted by Gasteiger charge is -2.13. The molecule has 0 bridgehead atoms. The molecule has 0 aliphatic rings. The van der Waals surface area contributed by atoms with Crippen LogP contribution in [0, 0.1) is 20.8 Å². The van der Waals surface area contributed by atoms with Gasteiger partial charge in [-0.05, 0) is 50.6 Å². The van der Waals surface area contributed by atoms with Gasteiger partial charge in [0, 0.05) is 11.4 Å². The summed E-state index contributed by atoms with van der Waals surface area (Å²) in [6, 6.07) is 6.29. The predicted molar refractivity (Wildman–Crippen MR) is 85.1 cm³/mol. The van der Waals surface area contributed by atoms with Crippen LogP contribution < -0.4 is 10.5 Å². The molecule has 5 nitrogen and oxygen atoms in total. The van der Waals surface area contributed by atoms with Gasteiger partial charge in [0.05, 0.1) is 16.4 Å². The SMILES string of the molecule is Cc1ccc(NS(=O)(=O)c2cc(N)c(C)cc2Cl)c(C)n1. The molecule has 0 atom stereocenters. The number of benzene rings is 1. The molecule has 7 heteroatoms. The van der Waals surface area contributed by atoms with Crippen molar-refractivity contribution in [2.45, 2.75) is 25.7 Å². The second-order valence-electron chi connectivity index (χ2n) is 4.83. The summed E-state index contributed by atoms with van der Waals surface area (Å²) in [5.74, 6) is 0. The summed E-state index contributed by atoms with van der Waals surface area (Å²) in [5, 5.41) is 0.131. The number of nitrogens with two attached hydrogens (primary N) is 1. The lowest BCUT2D eigenvalue weighted by atomic mass is 10.2. The fraction of sp³-hybridized carbons (Fsp3) is 0.214. The van der Waals surface area contributed by atoms with E-state index in [9.17, 15) is 8.42 Å². The number of hydrogen-bond acceptors (Lipinski definition) is 4. The van der Waals surface area contributed by atoms with Crippen LogP contribution in [-0.2, 0) is 10.0 Å². The second-order valence-corrected chi connectivity index (χ2v) is 6.89. The fourth-order valence-corrected chi connectivity index (χ4v) is 3.60. The van der Waals surface area contributed by atoms with Crippen molar-refractivity contribution in [3.8, 4) is 0 Å². The Labute approximate surface area is 129 Å². The highest BCUT2D eigenvalue weighted by Gasteiger charge is 2.20. The van der Waals surface area contributed by atoms with Crippen molar-refractivity contribution < 1.29 is 8.42 Å². The van der Waals surface area contributed by atoms with E-state index in [0.717, 1.165) is 11.3 Å². The number of hydrogen-bond donors (Lipinski definition) is 2. The van der Waals surface area contributed by atoms with Crippen LogP contribution in [0.2, 0.25) is 5.02 Å². The molecule has 112 valence electrons. The number of aromatic nitrogens is 1. The van der Waals surface area contributed by atoms with Crippen molar-refractivity contribution in [1.82, 2.24) is 4.98 Å². The zero-order valence-electron chi connectivity index (χ0n) is 11.9. The van der Waals surface area contributed by atoms with E-state index < -0.39 is 10.0 Å². The summed E-state index contributed by atoms with van der Waals surface area (Å²) >= 11 is 6.03. The number of nitrogen functional groups attached to an aromatic ring is 1. The number of pyridine rings is 1. The van der Waals surface area contributed by atoms with E-state index in [2.05, 4.69) is 9.71 Å². The highest BCUT2D eigenvalue weighted by molar-refractivity contribution is 7.92. The molecule has 2 rings (SSSR count). The lowest BCUT2D eigenvalue weighted by molar-refractivity contribution is 0.601. The van der Waals surface area contributed by atoms with Crippen molar-refractivity contribution in [3.63, 3.8) is 0 Å². The molecule has 0 aliphatic heterocycles. The van der Waals surface area contributed by atoms with Gasteiger partial charge in [-0.1, -0.05) is 11.6 Å². The van der Waals surface area contributed by atoms with E-state index >= 15 is 0 Å². The van der Waals surface area contributed by atoms with Crippen LogP contribution in [0.15, 0.2) is 29.2 Å². The van der Waals surface area contributed by atoms with Crippen molar-refractivity contribution in [3.05, 3.63) is 46.2 Å². The van der Waals surface area contributed by atoms with Gasteiger partial charge >= 0.3 is 0 Å². The van der Waals surface area contributed by atoms with Crippen molar-refractivity contribution in [2.75, 3.05) is 10.5 Å². The first kappa shape index (κ1) is 15.6. The summed E-state index contributed by atoms with van der Waals surface area (Å²) in [4.78, 5) is 4.17. The average molecular weight is 326 g/mol. The molecule has 0 spiro atoms. The maximum Gasteiger partial charge on any atom is 0.263 e. The molecular formula is C14H16ClN3O2S. The summed E-state index contributed by atoms with van der Waals surface area (Å²) < 4.78 is 27.4. The Hall–Kier alpha value is -1.79. The smallest absolute Gasteiger partial charge is 0.263 e. The van der Waals surface area contributed by atoms with Crippen LogP contribution in [-0.4, -0.2) is 13.4 Å². The first-order chi connectivity index (χ1) is 9.70. The largest absolute Gasteiger partial charge is 0.398 e. The topological polar surface area (TPSA) is 85.1 Å². The lowest BCUT2D eigenvalue weighted by Crippen LogP contribution is -2.15. The number of sulfonamides is 1. The van der Waals surface area contributed by atoms with Gasteiger partial charge in [-0.15, -0.1) is 0 Å². The van der Waals surface area contributed by atoms with Gasteiger partial charge in [-0.25, -0.2) is 8.42 Å². The van der Waals surface area contributed by atoms with E-state index in [1.54, 1.807) is 26.0 Å². The fourth-order valence-electron chi connectivity index (χ4n) is 1.87. The van der Waals surface area contributed by atoms with Crippen molar-refractivity contribution >= 4 is 33.0 Å². The first-order valence-electron chi connectivity index (χ1n) is 6.23. The van der Waals surface area contributed by atoms with Gasteiger partial charge in [0.2, 0.25) is 0 Å². The number of aryl methyl sites for hydroxylation is 3. The molecule has 0 radical (unpaired) electrons. The van der Waals surface area contributed by atoms with Gasteiger partial charge in [0.15, 0.2) is 0 Å².